The van der Waals surface area contributed by atoms with Crippen LogP contribution in [-0.2, 0) is 12.0 Å². The molecule has 0 unspecified atom stereocenters. The average molecular weight is 379 g/mol. The van der Waals surface area contributed by atoms with Gasteiger partial charge in [-0.25, -0.2) is 14.5 Å². The van der Waals surface area contributed by atoms with Crippen LogP contribution in [0.1, 0.15) is 43.7 Å². The molecule has 5 rings (SSSR count). The molecule has 4 aromatic rings. The van der Waals surface area contributed by atoms with Gasteiger partial charge in [-0.05, 0) is 45.7 Å². The summed E-state index contributed by atoms with van der Waals surface area (Å²) in [6, 6.07) is 8.26. The average Bonchev–Trinajstić information content (AvgIpc) is 3.15. The first kappa shape index (κ1) is 16.8. The van der Waals surface area contributed by atoms with Crippen molar-refractivity contribution in [1.82, 2.24) is 19.6 Å². The predicted molar refractivity (Wildman–Crippen MR) is 109 cm³/mol. The van der Waals surface area contributed by atoms with Gasteiger partial charge in [-0.15, -0.1) is 16.4 Å². The third kappa shape index (κ3) is 2.51. The van der Waals surface area contributed by atoms with Crippen molar-refractivity contribution in [2.24, 2.45) is 0 Å². The Hall–Kier alpha value is -2.31. The fourth-order valence-corrected chi connectivity index (χ4v) is 5.86. The number of fused-ring (bicyclic) bond motifs is 5. The van der Waals surface area contributed by atoms with Gasteiger partial charge in [0.1, 0.15) is 16.7 Å². The van der Waals surface area contributed by atoms with Crippen LogP contribution in [0.15, 0.2) is 30.6 Å². The number of aryl methyl sites for hydroxylation is 1. The van der Waals surface area contributed by atoms with Gasteiger partial charge in [-0.3, -0.25) is 0 Å². The summed E-state index contributed by atoms with van der Waals surface area (Å²) in [5, 5.41) is 8.40. The number of quaternary nitrogens is 1. The molecule has 1 aromatic carbocycles. The molecule has 6 heteroatoms. The second-order valence-electron chi connectivity index (χ2n) is 8.88. The van der Waals surface area contributed by atoms with Crippen LogP contribution >= 0.6 is 11.3 Å². The molecular weight excluding hydrogens is 354 g/mol. The minimum atomic E-state index is 0.0400. The maximum absolute atomic E-state index is 4.96. The van der Waals surface area contributed by atoms with Gasteiger partial charge in [-0.1, -0.05) is 24.3 Å². The zero-order chi connectivity index (χ0) is 19.0. The lowest BCUT2D eigenvalue weighted by Crippen LogP contribution is -3.03. The smallest absolute Gasteiger partial charge is 0.182 e. The highest BCUT2D eigenvalue weighted by Gasteiger charge is 2.43. The van der Waals surface area contributed by atoms with Gasteiger partial charge >= 0.3 is 0 Å². The second-order valence-corrected chi connectivity index (χ2v) is 9.88. The quantitative estimate of drug-likeness (QED) is 0.552. The van der Waals surface area contributed by atoms with E-state index in [2.05, 4.69) is 52.1 Å². The van der Waals surface area contributed by atoms with Gasteiger partial charge in [0.2, 0.25) is 0 Å². The van der Waals surface area contributed by atoms with Crippen molar-refractivity contribution in [3.63, 3.8) is 0 Å². The molecule has 2 N–H and O–H groups in total. The van der Waals surface area contributed by atoms with Crippen molar-refractivity contribution in [2.75, 3.05) is 0 Å². The molecule has 1 aliphatic rings. The molecule has 0 bridgehead atoms. The summed E-state index contributed by atoms with van der Waals surface area (Å²) in [5.74, 6) is 0.767. The van der Waals surface area contributed by atoms with Gasteiger partial charge in [0, 0.05) is 12.0 Å². The lowest BCUT2D eigenvalue weighted by atomic mass is 9.82. The van der Waals surface area contributed by atoms with Crippen molar-refractivity contribution in [2.45, 2.75) is 52.1 Å². The second kappa shape index (κ2) is 5.36. The molecule has 0 atom stereocenters. The third-order valence-electron chi connectivity index (χ3n) is 5.48. The Balaban J connectivity index is 1.81. The van der Waals surface area contributed by atoms with E-state index in [1.165, 1.54) is 21.4 Å². The van der Waals surface area contributed by atoms with Gasteiger partial charge in [0.15, 0.2) is 11.5 Å². The largest absolute Gasteiger partial charge is 0.333 e. The van der Waals surface area contributed by atoms with Crippen molar-refractivity contribution >= 4 is 27.2 Å². The van der Waals surface area contributed by atoms with E-state index in [0.29, 0.717) is 0 Å². The fourth-order valence-electron chi connectivity index (χ4n) is 4.63. The lowest BCUT2D eigenvalue weighted by Gasteiger charge is -2.38. The number of hydrogen-bond donors (Lipinski definition) is 1. The highest BCUT2D eigenvalue weighted by Crippen LogP contribution is 2.41. The van der Waals surface area contributed by atoms with Crippen molar-refractivity contribution < 1.29 is 5.32 Å². The normalized spacial score (nSPS) is 18.1. The molecule has 3 aromatic heterocycles. The first-order chi connectivity index (χ1) is 12.8. The summed E-state index contributed by atoms with van der Waals surface area (Å²) in [4.78, 5) is 12.2. The van der Waals surface area contributed by atoms with Gasteiger partial charge in [0.05, 0.1) is 15.8 Å². The number of aromatic nitrogens is 4. The number of rotatable bonds is 1. The maximum Gasteiger partial charge on any atom is 0.182 e. The highest BCUT2D eigenvalue weighted by molar-refractivity contribution is 7.19. The number of benzene rings is 1. The van der Waals surface area contributed by atoms with E-state index in [4.69, 9.17) is 15.1 Å². The summed E-state index contributed by atoms with van der Waals surface area (Å²) in [6.07, 6.45) is 2.82. The van der Waals surface area contributed by atoms with E-state index in [1.807, 2.05) is 16.6 Å². The van der Waals surface area contributed by atoms with E-state index < -0.39 is 0 Å². The molecular formula is C21H24N5S+. The molecule has 0 radical (unpaired) electrons. The predicted octanol–water partition coefficient (Wildman–Crippen LogP) is 3.45. The Bertz CT molecular complexity index is 1200. The Morgan fingerprint density at radius 1 is 1.15 bits per heavy atom. The lowest BCUT2D eigenvalue weighted by molar-refractivity contribution is -0.789. The molecule has 0 saturated heterocycles. The molecule has 5 nitrogen and oxygen atoms in total. The van der Waals surface area contributed by atoms with Crippen LogP contribution < -0.4 is 5.32 Å². The fraction of sp³-hybridized carbons (Fsp3) is 0.381. The molecule has 0 amide bonds. The van der Waals surface area contributed by atoms with Crippen molar-refractivity contribution in [3.8, 4) is 11.4 Å². The summed E-state index contributed by atoms with van der Waals surface area (Å²) in [6.45, 7) is 11.3. The monoisotopic (exact) mass is 378 g/mol. The molecule has 27 heavy (non-hydrogen) atoms. The van der Waals surface area contributed by atoms with Crippen LogP contribution in [0, 0.1) is 6.92 Å². The van der Waals surface area contributed by atoms with Crippen molar-refractivity contribution in [1.29, 1.82) is 0 Å². The number of nitrogens with zero attached hydrogens (tertiary/aromatic N) is 4. The summed E-state index contributed by atoms with van der Waals surface area (Å²) in [5.41, 5.74) is 4.77. The summed E-state index contributed by atoms with van der Waals surface area (Å²) in [7, 11) is 0. The first-order valence-corrected chi connectivity index (χ1v) is 10.2. The molecule has 0 fully saturated rings. The van der Waals surface area contributed by atoms with Crippen LogP contribution in [-0.4, -0.2) is 25.1 Å². The van der Waals surface area contributed by atoms with E-state index >= 15 is 0 Å². The SMILES string of the molecule is Cc1ccccc1-c1nc2c3c4c(sc3ncn2n1)C(C)(C)[NH2+]C(C)(C)C4. The standard InChI is InChI=1S/C21H23N5S/c1-12-8-6-7-9-13(12)17-23-18-15-14-10-20(2,3)25-21(4,5)16(14)27-19(15)22-11-26(18)24-17/h6-9,11,25H,10H2,1-5H3/p+1. The van der Waals surface area contributed by atoms with Crippen LogP contribution in [0.3, 0.4) is 0 Å². The van der Waals surface area contributed by atoms with E-state index in [0.717, 1.165) is 28.3 Å². The molecule has 0 spiro atoms. The zero-order valence-corrected chi connectivity index (χ0v) is 17.2. The zero-order valence-electron chi connectivity index (χ0n) is 16.4. The Morgan fingerprint density at radius 3 is 2.70 bits per heavy atom. The van der Waals surface area contributed by atoms with Crippen LogP contribution in [0.2, 0.25) is 0 Å². The summed E-state index contributed by atoms with van der Waals surface area (Å²) >= 11 is 1.81. The topological polar surface area (TPSA) is 59.7 Å². The van der Waals surface area contributed by atoms with E-state index in [-0.39, 0.29) is 11.1 Å². The van der Waals surface area contributed by atoms with Gasteiger partial charge in [0.25, 0.3) is 0 Å². The molecule has 0 aliphatic carbocycles. The minimum Gasteiger partial charge on any atom is -0.333 e. The third-order valence-corrected chi connectivity index (χ3v) is 6.96. The maximum atomic E-state index is 4.96. The molecule has 4 heterocycles. The van der Waals surface area contributed by atoms with Crippen molar-refractivity contribution in [3.05, 3.63) is 46.6 Å². The van der Waals surface area contributed by atoms with Crippen LogP contribution in [0.25, 0.3) is 27.3 Å². The van der Waals surface area contributed by atoms with Gasteiger partial charge < -0.3 is 5.32 Å². The minimum absolute atomic E-state index is 0.0400. The Kier molecular flexibility index (Phi) is 3.34. The molecule has 0 saturated carbocycles. The Labute approximate surface area is 162 Å². The highest BCUT2D eigenvalue weighted by atomic mass is 32.1. The van der Waals surface area contributed by atoms with Crippen LogP contribution in [0.4, 0.5) is 0 Å². The molecule has 138 valence electrons. The number of thiophene rings is 1. The Morgan fingerprint density at radius 2 is 1.93 bits per heavy atom. The van der Waals surface area contributed by atoms with Gasteiger partial charge in [-0.2, -0.15) is 0 Å². The first-order valence-electron chi connectivity index (χ1n) is 9.35. The number of hydrogen-bond acceptors (Lipinski definition) is 4. The number of nitrogens with two attached hydrogens (primary N) is 1. The van der Waals surface area contributed by atoms with E-state index in [1.54, 1.807) is 17.7 Å². The van der Waals surface area contributed by atoms with Crippen LogP contribution in [0.5, 0.6) is 0 Å². The summed E-state index contributed by atoms with van der Waals surface area (Å²) < 4.78 is 1.84. The van der Waals surface area contributed by atoms with E-state index in [9.17, 15) is 0 Å². The molecule has 1 aliphatic heterocycles.